The van der Waals surface area contributed by atoms with Crippen molar-refractivity contribution in [3.8, 4) is 11.8 Å². The second-order valence-electron chi connectivity index (χ2n) is 6.34. The van der Waals surface area contributed by atoms with Crippen LogP contribution in [-0.2, 0) is 16.0 Å². The lowest BCUT2D eigenvalue weighted by atomic mass is 10.0. The fourth-order valence-corrected chi connectivity index (χ4v) is 2.45. The van der Waals surface area contributed by atoms with Crippen LogP contribution in [0.15, 0.2) is 60.7 Å². The number of hydrogen-bond donors (Lipinski definition) is 2. The second kappa shape index (κ2) is 10.0. The maximum atomic E-state index is 12.4. The molecule has 2 amide bonds. The number of carbonyl (C=O) groups is 2. The summed E-state index contributed by atoms with van der Waals surface area (Å²) in [6, 6.07) is 18.5. The summed E-state index contributed by atoms with van der Waals surface area (Å²) < 4.78 is 0. The Hall–Kier alpha value is -3.06. The highest BCUT2D eigenvalue weighted by Gasteiger charge is 2.23. The fourth-order valence-electron chi connectivity index (χ4n) is 2.45. The molecule has 2 aromatic carbocycles. The zero-order valence-corrected chi connectivity index (χ0v) is 15.2. The Balaban J connectivity index is 1.86. The Morgan fingerprint density at radius 2 is 1.58 bits per heavy atom. The molecule has 0 saturated carbocycles. The molecule has 4 nitrogen and oxygen atoms in total. The van der Waals surface area contributed by atoms with Crippen LogP contribution in [0.2, 0.25) is 0 Å². The first-order chi connectivity index (χ1) is 12.6. The van der Waals surface area contributed by atoms with Crippen molar-refractivity contribution in [1.29, 1.82) is 0 Å². The predicted octanol–water partition coefficient (Wildman–Crippen LogP) is 2.54. The number of hydrogen-bond acceptors (Lipinski definition) is 2. The van der Waals surface area contributed by atoms with E-state index in [0.717, 1.165) is 11.1 Å². The Bertz CT molecular complexity index is 774. The van der Waals surface area contributed by atoms with Gasteiger partial charge in [0.1, 0.15) is 6.04 Å². The van der Waals surface area contributed by atoms with Gasteiger partial charge in [-0.2, -0.15) is 0 Å². The van der Waals surface area contributed by atoms with E-state index in [9.17, 15) is 9.59 Å². The molecule has 0 aromatic heterocycles. The Labute approximate surface area is 155 Å². The molecule has 134 valence electrons. The van der Waals surface area contributed by atoms with E-state index in [1.165, 1.54) is 0 Å². The number of rotatable bonds is 6. The lowest BCUT2D eigenvalue weighted by Gasteiger charge is -2.21. The summed E-state index contributed by atoms with van der Waals surface area (Å²) in [5, 5.41) is 5.60. The van der Waals surface area contributed by atoms with Gasteiger partial charge in [-0.05, 0) is 23.6 Å². The van der Waals surface area contributed by atoms with Crippen molar-refractivity contribution in [2.75, 3.05) is 6.54 Å². The first kappa shape index (κ1) is 19.3. The lowest BCUT2D eigenvalue weighted by Crippen LogP contribution is -2.50. The Morgan fingerprint density at radius 3 is 2.19 bits per heavy atom. The van der Waals surface area contributed by atoms with Gasteiger partial charge in [0.25, 0.3) is 0 Å². The first-order valence-corrected chi connectivity index (χ1v) is 8.71. The Morgan fingerprint density at radius 1 is 0.962 bits per heavy atom. The van der Waals surface area contributed by atoms with Gasteiger partial charge in [-0.15, -0.1) is 0 Å². The zero-order valence-electron chi connectivity index (χ0n) is 15.2. The minimum Gasteiger partial charge on any atom is -0.344 e. The fraction of sp³-hybridized carbons (Fsp3) is 0.273. The zero-order chi connectivity index (χ0) is 18.8. The van der Waals surface area contributed by atoms with Crippen molar-refractivity contribution in [2.24, 2.45) is 5.92 Å². The van der Waals surface area contributed by atoms with E-state index in [0.29, 0.717) is 0 Å². The summed E-state index contributed by atoms with van der Waals surface area (Å²) in [6.45, 7) is 4.05. The summed E-state index contributed by atoms with van der Waals surface area (Å²) in [4.78, 5) is 24.6. The van der Waals surface area contributed by atoms with E-state index < -0.39 is 6.04 Å². The quantitative estimate of drug-likeness (QED) is 0.788. The molecule has 1 unspecified atom stereocenters. The molecule has 0 aliphatic rings. The molecule has 4 heteroatoms. The Kier molecular flexibility index (Phi) is 7.45. The molecule has 0 radical (unpaired) electrons. The third-order valence-electron chi connectivity index (χ3n) is 3.83. The smallest absolute Gasteiger partial charge is 0.243 e. The van der Waals surface area contributed by atoms with Gasteiger partial charge in [-0.1, -0.05) is 74.2 Å². The standard InChI is InChI=1S/C22H24N2O2/c1-17(2)21(24-20(25)16-19-12-7-4-8-13-19)22(26)23-15-9-14-18-10-5-3-6-11-18/h3-8,10-13,17,21H,15-16H2,1-2H3,(H,23,26)(H,24,25). The number of carbonyl (C=O) groups excluding carboxylic acids is 2. The average molecular weight is 348 g/mol. The largest absolute Gasteiger partial charge is 0.344 e. The van der Waals surface area contributed by atoms with Crippen molar-refractivity contribution in [3.63, 3.8) is 0 Å². The summed E-state index contributed by atoms with van der Waals surface area (Å²) in [5.41, 5.74) is 1.82. The number of amides is 2. The van der Waals surface area contributed by atoms with Gasteiger partial charge in [0, 0.05) is 5.56 Å². The van der Waals surface area contributed by atoms with Crippen LogP contribution < -0.4 is 10.6 Å². The van der Waals surface area contributed by atoms with Gasteiger partial charge in [0.15, 0.2) is 0 Å². The molecule has 0 heterocycles. The summed E-state index contributed by atoms with van der Waals surface area (Å²) in [7, 11) is 0. The highest BCUT2D eigenvalue weighted by atomic mass is 16.2. The molecule has 2 aromatic rings. The van der Waals surface area contributed by atoms with E-state index in [1.807, 2.05) is 74.5 Å². The van der Waals surface area contributed by atoms with Crippen LogP contribution in [0.25, 0.3) is 0 Å². The van der Waals surface area contributed by atoms with Crippen molar-refractivity contribution >= 4 is 11.8 Å². The molecule has 0 aliphatic heterocycles. The van der Waals surface area contributed by atoms with E-state index in [-0.39, 0.29) is 30.7 Å². The molecule has 0 bridgehead atoms. The molecule has 0 fully saturated rings. The van der Waals surface area contributed by atoms with Gasteiger partial charge in [0.2, 0.25) is 11.8 Å². The lowest BCUT2D eigenvalue weighted by molar-refractivity contribution is -0.129. The summed E-state index contributed by atoms with van der Waals surface area (Å²) in [5.74, 6) is 5.51. The average Bonchev–Trinajstić information content (AvgIpc) is 2.64. The normalized spacial score (nSPS) is 11.2. The minimum absolute atomic E-state index is 0.0168. The van der Waals surface area contributed by atoms with Crippen LogP contribution in [0.1, 0.15) is 25.0 Å². The highest BCUT2D eigenvalue weighted by molar-refractivity contribution is 5.88. The van der Waals surface area contributed by atoms with Crippen LogP contribution in [0.4, 0.5) is 0 Å². The van der Waals surface area contributed by atoms with Crippen molar-refractivity contribution < 1.29 is 9.59 Å². The van der Waals surface area contributed by atoms with Crippen molar-refractivity contribution in [2.45, 2.75) is 26.3 Å². The monoisotopic (exact) mass is 348 g/mol. The molecule has 1 atom stereocenters. The molecule has 2 N–H and O–H groups in total. The molecular weight excluding hydrogens is 324 g/mol. The van der Waals surface area contributed by atoms with E-state index >= 15 is 0 Å². The molecule has 0 saturated heterocycles. The minimum atomic E-state index is -0.579. The molecule has 2 rings (SSSR count). The van der Waals surface area contributed by atoms with E-state index in [2.05, 4.69) is 22.5 Å². The number of nitrogens with one attached hydrogen (secondary N) is 2. The third kappa shape index (κ3) is 6.45. The maximum absolute atomic E-state index is 12.4. The van der Waals surface area contributed by atoms with Gasteiger partial charge in [-0.25, -0.2) is 0 Å². The van der Waals surface area contributed by atoms with Crippen molar-refractivity contribution in [3.05, 3.63) is 71.8 Å². The third-order valence-corrected chi connectivity index (χ3v) is 3.83. The second-order valence-corrected chi connectivity index (χ2v) is 6.34. The van der Waals surface area contributed by atoms with Gasteiger partial charge in [0.05, 0.1) is 13.0 Å². The predicted molar refractivity (Wildman–Crippen MR) is 103 cm³/mol. The van der Waals surface area contributed by atoms with Crippen LogP contribution in [-0.4, -0.2) is 24.4 Å². The first-order valence-electron chi connectivity index (χ1n) is 8.71. The van der Waals surface area contributed by atoms with Crippen LogP contribution in [0.3, 0.4) is 0 Å². The molecule has 0 spiro atoms. The molecule has 26 heavy (non-hydrogen) atoms. The maximum Gasteiger partial charge on any atom is 0.243 e. The van der Waals surface area contributed by atoms with Crippen LogP contribution in [0, 0.1) is 17.8 Å². The van der Waals surface area contributed by atoms with Gasteiger partial charge in [-0.3, -0.25) is 9.59 Å². The topological polar surface area (TPSA) is 58.2 Å². The van der Waals surface area contributed by atoms with E-state index in [1.54, 1.807) is 0 Å². The highest BCUT2D eigenvalue weighted by Crippen LogP contribution is 2.04. The SMILES string of the molecule is CC(C)C(NC(=O)Cc1ccccc1)C(=O)NCC#Cc1ccccc1. The van der Waals surface area contributed by atoms with Gasteiger partial charge >= 0.3 is 0 Å². The van der Waals surface area contributed by atoms with Crippen molar-refractivity contribution in [1.82, 2.24) is 10.6 Å². The van der Waals surface area contributed by atoms with Crippen LogP contribution >= 0.6 is 0 Å². The summed E-state index contributed by atoms with van der Waals surface area (Å²) in [6.07, 6.45) is 0.255. The number of benzene rings is 2. The summed E-state index contributed by atoms with van der Waals surface area (Å²) >= 11 is 0. The van der Waals surface area contributed by atoms with Gasteiger partial charge < -0.3 is 10.6 Å². The molecule has 0 aliphatic carbocycles. The van der Waals surface area contributed by atoms with E-state index in [4.69, 9.17) is 0 Å². The van der Waals surface area contributed by atoms with Crippen LogP contribution in [0.5, 0.6) is 0 Å². The molecular formula is C22H24N2O2.